The van der Waals surface area contributed by atoms with Gasteiger partial charge >= 0.3 is 0 Å². The smallest absolute Gasteiger partial charge is 0.244 e. The second-order valence-electron chi connectivity index (χ2n) is 10.9. The Labute approximate surface area is 203 Å². The Balaban J connectivity index is 2.04. The number of thioether (sulfide) groups is 1. The van der Waals surface area contributed by atoms with Crippen molar-refractivity contribution in [2.45, 2.75) is 108 Å². The van der Waals surface area contributed by atoms with Crippen LogP contribution in [0, 0.1) is 17.8 Å². The van der Waals surface area contributed by atoms with Gasteiger partial charge in [-0.25, -0.2) is 0 Å². The van der Waals surface area contributed by atoms with E-state index in [1.54, 1.807) is 16.7 Å². The zero-order chi connectivity index (χ0) is 24.6. The van der Waals surface area contributed by atoms with Crippen molar-refractivity contribution in [3.63, 3.8) is 0 Å². The summed E-state index contributed by atoms with van der Waals surface area (Å²) in [6.45, 7) is 12.7. The number of nitrogens with zero attached hydrogens (tertiary/aromatic N) is 1. The van der Waals surface area contributed by atoms with Crippen LogP contribution in [0.25, 0.3) is 0 Å². The first-order chi connectivity index (χ1) is 15.6. The van der Waals surface area contributed by atoms with Crippen LogP contribution in [0.1, 0.15) is 80.1 Å². The largest absolute Gasteiger partial charge is 0.394 e. The number of carbonyl (C=O) groups excluding carboxylic acids is 3. The topological polar surface area (TPSA) is 98.7 Å². The highest BCUT2D eigenvalue weighted by Gasteiger charge is 2.77. The zero-order valence-electron chi connectivity index (χ0n) is 21.1. The van der Waals surface area contributed by atoms with Crippen molar-refractivity contribution in [2.75, 3.05) is 13.2 Å². The Morgan fingerprint density at radius 1 is 1.18 bits per heavy atom. The molecule has 8 heteroatoms. The maximum atomic E-state index is 14.1. The van der Waals surface area contributed by atoms with E-state index in [9.17, 15) is 19.5 Å². The highest BCUT2D eigenvalue weighted by molar-refractivity contribution is 8.02. The summed E-state index contributed by atoms with van der Waals surface area (Å²) >= 11 is 1.69. The highest BCUT2D eigenvalue weighted by Crippen LogP contribution is 2.71. The minimum absolute atomic E-state index is 0.00965. The molecule has 33 heavy (non-hydrogen) atoms. The molecule has 0 aromatic rings. The number of aliphatic hydroxyl groups is 1. The number of hydrogen-bond donors (Lipinski definition) is 3. The molecule has 2 bridgehead atoms. The van der Waals surface area contributed by atoms with Crippen LogP contribution in [0.2, 0.25) is 0 Å². The molecule has 3 aliphatic heterocycles. The average Bonchev–Trinajstić information content (AvgIpc) is 3.31. The molecular formula is C25H43N3O4S. The van der Waals surface area contributed by atoms with Crippen molar-refractivity contribution in [3.8, 4) is 0 Å². The first kappa shape index (κ1) is 26.3. The van der Waals surface area contributed by atoms with Crippen molar-refractivity contribution in [3.05, 3.63) is 0 Å². The molecule has 188 valence electrons. The number of amides is 3. The number of carbonyl (C=O) groups is 3. The first-order valence-corrected chi connectivity index (χ1v) is 13.6. The minimum Gasteiger partial charge on any atom is -0.394 e. The van der Waals surface area contributed by atoms with Crippen LogP contribution in [-0.2, 0) is 14.4 Å². The summed E-state index contributed by atoms with van der Waals surface area (Å²) < 4.78 is -0.981. The second kappa shape index (κ2) is 10.1. The fraction of sp³-hybridized carbons (Fsp3) is 0.880. The third kappa shape index (κ3) is 4.54. The minimum atomic E-state index is -0.666. The van der Waals surface area contributed by atoms with Gasteiger partial charge in [-0.05, 0) is 51.9 Å². The van der Waals surface area contributed by atoms with Gasteiger partial charge in [0.2, 0.25) is 17.7 Å². The summed E-state index contributed by atoms with van der Waals surface area (Å²) in [6, 6.07) is -1.09. The molecule has 1 spiro atoms. The molecule has 0 radical (unpaired) electrons. The predicted molar refractivity (Wildman–Crippen MR) is 132 cm³/mol. The van der Waals surface area contributed by atoms with Gasteiger partial charge in [0.25, 0.3) is 0 Å². The van der Waals surface area contributed by atoms with Crippen LogP contribution in [0.3, 0.4) is 0 Å². The Hall–Kier alpha value is -1.28. The van der Waals surface area contributed by atoms with E-state index >= 15 is 0 Å². The van der Waals surface area contributed by atoms with Crippen molar-refractivity contribution >= 4 is 29.5 Å². The Morgan fingerprint density at radius 3 is 2.45 bits per heavy atom. The third-order valence-corrected chi connectivity index (χ3v) is 9.74. The molecule has 3 rings (SSSR count). The van der Waals surface area contributed by atoms with E-state index in [4.69, 9.17) is 0 Å². The van der Waals surface area contributed by atoms with Crippen molar-refractivity contribution < 1.29 is 19.5 Å². The van der Waals surface area contributed by atoms with Crippen molar-refractivity contribution in [2.24, 2.45) is 17.8 Å². The van der Waals surface area contributed by atoms with Crippen LogP contribution >= 0.6 is 11.8 Å². The maximum Gasteiger partial charge on any atom is 0.244 e. The monoisotopic (exact) mass is 481 g/mol. The molecule has 7 atom stereocenters. The third-order valence-electron chi connectivity index (χ3n) is 7.75. The van der Waals surface area contributed by atoms with Gasteiger partial charge in [-0.1, -0.05) is 34.1 Å². The molecule has 3 aliphatic rings. The normalized spacial score (nSPS) is 34.5. The Bertz CT molecular complexity index is 762. The molecule has 7 nitrogen and oxygen atoms in total. The number of fused-ring (bicyclic) bond motifs is 1. The van der Waals surface area contributed by atoms with Gasteiger partial charge in [-0.2, -0.15) is 0 Å². The predicted octanol–water partition coefficient (Wildman–Crippen LogP) is 2.71. The average molecular weight is 482 g/mol. The molecule has 3 amide bonds. The zero-order valence-corrected chi connectivity index (χ0v) is 22.0. The Morgan fingerprint density at radius 2 is 1.88 bits per heavy atom. The summed E-state index contributed by atoms with van der Waals surface area (Å²) in [6.07, 6.45) is 4.82. The summed E-state index contributed by atoms with van der Waals surface area (Å²) in [4.78, 5) is 42.8. The standard InChI is InChI=1S/C25H43N3O4S/c1-7-9-16(5)27-22(31)20-25-11-10-24(6,33-25)18(21(30)26-12-8-2)19(25)23(32)28(20)17(14-29)13-15(3)4/h15-20,29H,7-14H2,1-6H3,(H,26,30)(H,27,31)/t16?,17-,18-,19+,20?,24+,25?/m1/s1. The van der Waals surface area contributed by atoms with Gasteiger partial charge in [-0.15, -0.1) is 11.8 Å². The molecule has 3 unspecified atom stereocenters. The maximum absolute atomic E-state index is 14.1. The SMILES string of the molecule is CCCNC(=O)[C@H]1[C@H]2C(=O)N([C@@H](CO)CC(C)C)C(C(=O)NC(C)CCC)C23CC[C@]1(C)S3. The Kier molecular flexibility index (Phi) is 8.09. The lowest BCUT2D eigenvalue weighted by molar-refractivity contribution is -0.143. The van der Waals surface area contributed by atoms with Gasteiger partial charge < -0.3 is 20.6 Å². The molecular weight excluding hydrogens is 438 g/mol. The van der Waals surface area contributed by atoms with Crippen LogP contribution in [0.5, 0.6) is 0 Å². The van der Waals surface area contributed by atoms with Gasteiger partial charge in [0.15, 0.2) is 0 Å². The van der Waals surface area contributed by atoms with E-state index in [0.29, 0.717) is 13.0 Å². The van der Waals surface area contributed by atoms with Gasteiger partial charge in [0.05, 0.1) is 29.2 Å². The second-order valence-corrected chi connectivity index (χ2v) is 12.8. The fourth-order valence-corrected chi connectivity index (χ4v) is 8.81. The van der Waals surface area contributed by atoms with E-state index in [2.05, 4.69) is 38.3 Å². The molecule has 0 aromatic heterocycles. The number of hydrogen-bond acceptors (Lipinski definition) is 5. The molecule has 3 N–H and O–H groups in total. The molecule has 3 heterocycles. The van der Waals surface area contributed by atoms with Crippen molar-refractivity contribution in [1.82, 2.24) is 15.5 Å². The lowest BCUT2D eigenvalue weighted by Crippen LogP contribution is -2.57. The van der Waals surface area contributed by atoms with E-state index < -0.39 is 28.7 Å². The fourth-order valence-electron chi connectivity index (χ4n) is 6.46. The number of nitrogens with one attached hydrogen (secondary N) is 2. The molecule has 3 saturated heterocycles. The lowest BCUT2D eigenvalue weighted by Gasteiger charge is -2.38. The molecule has 0 saturated carbocycles. The number of rotatable bonds is 11. The lowest BCUT2D eigenvalue weighted by atomic mass is 9.66. The van der Waals surface area contributed by atoms with E-state index in [1.165, 1.54) is 0 Å². The van der Waals surface area contributed by atoms with Crippen LogP contribution in [-0.4, -0.2) is 68.5 Å². The number of likely N-dealkylation sites (tertiary alicyclic amines) is 1. The van der Waals surface area contributed by atoms with E-state index in [-0.39, 0.29) is 41.0 Å². The van der Waals surface area contributed by atoms with Gasteiger partial charge in [-0.3, -0.25) is 14.4 Å². The van der Waals surface area contributed by atoms with Crippen LogP contribution in [0.15, 0.2) is 0 Å². The van der Waals surface area contributed by atoms with Crippen LogP contribution in [0.4, 0.5) is 0 Å². The summed E-state index contributed by atoms with van der Waals surface area (Å²) in [5, 5.41) is 16.5. The van der Waals surface area contributed by atoms with Crippen LogP contribution < -0.4 is 10.6 Å². The van der Waals surface area contributed by atoms with Gasteiger partial charge in [0.1, 0.15) is 6.04 Å². The quantitative estimate of drug-likeness (QED) is 0.421. The van der Waals surface area contributed by atoms with Gasteiger partial charge in [0, 0.05) is 17.3 Å². The highest BCUT2D eigenvalue weighted by atomic mass is 32.2. The summed E-state index contributed by atoms with van der Waals surface area (Å²) in [5.74, 6) is -1.07. The molecule has 3 fully saturated rings. The van der Waals surface area contributed by atoms with E-state index in [0.717, 1.165) is 32.1 Å². The molecule has 0 aliphatic carbocycles. The van der Waals surface area contributed by atoms with E-state index in [1.807, 2.05) is 13.8 Å². The summed E-state index contributed by atoms with van der Waals surface area (Å²) in [7, 11) is 0. The summed E-state index contributed by atoms with van der Waals surface area (Å²) in [5.41, 5.74) is 0. The molecule has 0 aromatic carbocycles. The first-order valence-electron chi connectivity index (χ1n) is 12.8. The number of aliphatic hydroxyl groups excluding tert-OH is 1. The van der Waals surface area contributed by atoms with Crippen molar-refractivity contribution in [1.29, 1.82) is 0 Å².